The van der Waals surface area contributed by atoms with Crippen LogP contribution < -0.4 is 14.8 Å². The molecule has 0 atom stereocenters. The molecule has 1 rings (SSSR count). The van der Waals surface area contributed by atoms with Crippen LogP contribution in [0.5, 0.6) is 5.75 Å². The number of rotatable bonds is 3. The van der Waals surface area contributed by atoms with Gasteiger partial charge >= 0.3 is 102 Å². The summed E-state index contributed by atoms with van der Waals surface area (Å²) in [6.07, 6.45) is -0.306. The molecule has 3 nitrogen and oxygen atoms in total. The normalized spacial score (nSPS) is 11.9. The second-order valence-electron chi connectivity index (χ2n) is 3.55. The van der Waals surface area contributed by atoms with E-state index in [2.05, 4.69) is 4.42 Å². The quantitative estimate of drug-likeness (QED) is 0.795. The molecule has 0 aliphatic carbocycles. The Hall–Kier alpha value is -0.941. The van der Waals surface area contributed by atoms with E-state index in [4.69, 9.17) is 4.74 Å². The fraction of sp³-hybridized carbons (Fsp3) is 0.500. The van der Waals surface area contributed by atoms with Crippen molar-refractivity contribution in [3.63, 3.8) is 0 Å². The van der Waals surface area contributed by atoms with Crippen molar-refractivity contribution in [2.24, 2.45) is 0 Å². The van der Waals surface area contributed by atoms with Crippen LogP contribution >= 0.6 is 0 Å². The summed E-state index contributed by atoms with van der Waals surface area (Å²) in [5, 5.41) is -4.41. The van der Waals surface area contributed by atoms with Gasteiger partial charge in [0.25, 0.3) is 0 Å². The van der Waals surface area contributed by atoms with E-state index in [0.717, 1.165) is 0 Å². The zero-order valence-corrected chi connectivity index (χ0v) is 11.1. The van der Waals surface area contributed by atoms with Gasteiger partial charge in [0.15, 0.2) is 0 Å². The van der Waals surface area contributed by atoms with Gasteiger partial charge in [0.2, 0.25) is 0 Å². The maximum atomic E-state index is 12.3. The molecular weight excluding hydrogens is 304 g/mol. The van der Waals surface area contributed by atoms with E-state index in [0.29, 0.717) is 0 Å². The van der Waals surface area contributed by atoms with Crippen LogP contribution in [-0.4, -0.2) is 26.1 Å². The number of hydrogen-bond acceptors (Lipinski definition) is 3. The Morgan fingerprint density at radius 3 is 2.47 bits per heavy atom. The second-order valence-corrected chi connectivity index (χ2v) is 5.81. The molecule has 17 heavy (non-hydrogen) atoms. The van der Waals surface area contributed by atoms with Gasteiger partial charge in [-0.2, -0.15) is 0 Å². The molecule has 96 valence electrons. The first-order valence-electron chi connectivity index (χ1n) is 4.76. The molecule has 0 unspecified atom stereocenters. The van der Waals surface area contributed by atoms with Gasteiger partial charge in [-0.25, -0.2) is 0 Å². The molecule has 0 N–H and O–H groups in total. The summed E-state index contributed by atoms with van der Waals surface area (Å²) < 4.78 is 46.4. The first-order valence-corrected chi connectivity index (χ1v) is 6.47. The van der Waals surface area contributed by atoms with E-state index in [1.54, 1.807) is 13.8 Å². The van der Waals surface area contributed by atoms with Gasteiger partial charge in [-0.3, -0.25) is 0 Å². The minimum atomic E-state index is -4.41. The van der Waals surface area contributed by atoms with Crippen molar-refractivity contribution in [1.82, 2.24) is 0 Å². The van der Waals surface area contributed by atoms with E-state index in [1.165, 1.54) is 13.0 Å². The molecule has 0 aliphatic rings. The molecule has 0 spiro atoms. The van der Waals surface area contributed by atoms with Crippen molar-refractivity contribution in [2.75, 3.05) is 0 Å². The molecule has 0 aliphatic heterocycles. The van der Waals surface area contributed by atoms with Crippen LogP contribution in [0, 0.1) is 6.92 Å². The molecular formula is C10H11F3O3Se. The Balaban J connectivity index is 3.21. The minimum absolute atomic E-state index is 0.0360. The summed E-state index contributed by atoms with van der Waals surface area (Å²) in [4.78, 5) is 11.4. The van der Waals surface area contributed by atoms with Crippen LogP contribution in [-0.2, 0) is 0 Å². The number of alkyl halides is 3. The van der Waals surface area contributed by atoms with Gasteiger partial charge in [0, 0.05) is 0 Å². The van der Waals surface area contributed by atoms with Crippen molar-refractivity contribution in [1.29, 1.82) is 0 Å². The average molecular weight is 315 g/mol. The molecule has 0 saturated carbocycles. The number of ether oxygens (including phenoxy) is 1. The van der Waals surface area contributed by atoms with Gasteiger partial charge < -0.3 is 0 Å². The Morgan fingerprint density at radius 1 is 1.41 bits per heavy atom. The van der Waals surface area contributed by atoms with Crippen molar-refractivity contribution in [3.8, 4) is 5.75 Å². The molecule has 7 heteroatoms. The van der Waals surface area contributed by atoms with Crippen LogP contribution in [0.2, 0.25) is 0 Å². The zero-order valence-electron chi connectivity index (χ0n) is 9.42. The summed E-state index contributed by atoms with van der Waals surface area (Å²) in [7, 11) is 0. The first-order chi connectivity index (χ1) is 7.69. The Kier molecular flexibility index (Phi) is 4.27. The Bertz CT molecular complexity index is 451. The first kappa shape index (κ1) is 14.1. The fourth-order valence-electron chi connectivity index (χ4n) is 1.12. The van der Waals surface area contributed by atoms with E-state index in [1.807, 2.05) is 0 Å². The standard InChI is InChI=1S/C10H11F3O3Se/c1-5(2)15-7-4-6(3)16-9(14)8(7)17-10(11,12)13/h4-5H,1-3H3. The van der Waals surface area contributed by atoms with Crippen LogP contribution in [0.4, 0.5) is 13.2 Å². The molecule has 0 saturated heterocycles. The maximum absolute atomic E-state index is 12.3. The third-order valence-corrected chi connectivity index (χ3v) is 3.26. The summed E-state index contributed by atoms with van der Waals surface area (Å²) >= 11 is -1.97. The molecule has 0 radical (unpaired) electrons. The molecule has 0 fully saturated rings. The van der Waals surface area contributed by atoms with Crippen molar-refractivity contribution in [2.45, 2.75) is 31.9 Å². The predicted octanol–water partition coefficient (Wildman–Crippen LogP) is 1.58. The zero-order chi connectivity index (χ0) is 13.2. The SMILES string of the molecule is Cc1cc(OC(C)C)c([Se]C(F)(F)F)c(=O)o1. The second kappa shape index (κ2) is 5.14. The third kappa shape index (κ3) is 4.44. The molecule has 1 aromatic rings. The predicted molar refractivity (Wildman–Crippen MR) is 56.9 cm³/mol. The van der Waals surface area contributed by atoms with Crippen molar-refractivity contribution < 1.29 is 22.3 Å². The van der Waals surface area contributed by atoms with Crippen LogP contribution in [0.1, 0.15) is 19.6 Å². The third-order valence-electron chi connectivity index (χ3n) is 1.58. The monoisotopic (exact) mass is 316 g/mol. The van der Waals surface area contributed by atoms with Gasteiger partial charge in [-0.15, -0.1) is 0 Å². The average Bonchev–Trinajstić information content (AvgIpc) is 2.08. The van der Waals surface area contributed by atoms with E-state index < -0.39 is 30.1 Å². The summed E-state index contributed by atoms with van der Waals surface area (Å²) in [5.74, 6) is 0.193. The van der Waals surface area contributed by atoms with Crippen LogP contribution in [0.15, 0.2) is 15.3 Å². The van der Waals surface area contributed by atoms with Crippen molar-refractivity contribution in [3.05, 3.63) is 22.2 Å². The number of hydrogen-bond donors (Lipinski definition) is 0. The van der Waals surface area contributed by atoms with E-state index >= 15 is 0 Å². The summed E-state index contributed by atoms with van der Waals surface area (Å²) in [5.41, 5.74) is -0.974. The van der Waals surface area contributed by atoms with Gasteiger partial charge in [-0.1, -0.05) is 0 Å². The summed E-state index contributed by atoms with van der Waals surface area (Å²) in [6.45, 7) is 4.83. The van der Waals surface area contributed by atoms with Gasteiger partial charge in [0.05, 0.1) is 0 Å². The Labute approximate surface area is 102 Å². The Morgan fingerprint density at radius 2 is 2.00 bits per heavy atom. The molecule has 0 aromatic carbocycles. The summed E-state index contributed by atoms with van der Waals surface area (Å²) in [6, 6.07) is 1.31. The van der Waals surface area contributed by atoms with Crippen LogP contribution in [0.25, 0.3) is 0 Å². The van der Waals surface area contributed by atoms with Gasteiger partial charge in [0.1, 0.15) is 0 Å². The molecule has 1 aromatic heterocycles. The molecule has 1 heterocycles. The number of aryl methyl sites for hydroxylation is 1. The van der Waals surface area contributed by atoms with E-state index in [9.17, 15) is 18.0 Å². The van der Waals surface area contributed by atoms with Crippen molar-refractivity contribution >= 4 is 19.4 Å². The number of halogens is 3. The topological polar surface area (TPSA) is 39.4 Å². The van der Waals surface area contributed by atoms with Crippen LogP contribution in [0.3, 0.4) is 0 Å². The molecule has 0 amide bonds. The van der Waals surface area contributed by atoms with E-state index in [-0.39, 0.29) is 17.6 Å². The fourth-order valence-corrected chi connectivity index (χ4v) is 2.31. The molecule has 0 bridgehead atoms. The van der Waals surface area contributed by atoms with Gasteiger partial charge in [-0.05, 0) is 0 Å².